The second-order valence-corrected chi connectivity index (χ2v) is 0.784. The van der Waals surface area contributed by atoms with Crippen LogP contribution in [0.15, 0.2) is 12.2 Å². The van der Waals surface area contributed by atoms with E-state index in [1.165, 1.54) is 12.2 Å². The molecule has 0 rings (SSSR count). The van der Waals surface area contributed by atoms with Crippen LogP contribution in [0.3, 0.4) is 0 Å². The van der Waals surface area contributed by atoms with E-state index in [0.29, 0.717) is 6.61 Å². The van der Waals surface area contributed by atoms with E-state index in [0.717, 1.165) is 0 Å². The summed E-state index contributed by atoms with van der Waals surface area (Å²) in [6, 6.07) is 0. The van der Waals surface area contributed by atoms with E-state index < -0.39 is 0 Å². The Bertz CT molecular complexity index is 42.8. The lowest BCUT2D eigenvalue weighted by atomic mass is 10.2. The Hall–Kier alpha value is -0.395. The molecule has 0 aliphatic rings. The van der Waals surface area contributed by atoms with Crippen LogP contribution in [0.25, 0.3) is 0 Å². The molecule has 0 saturated heterocycles. The van der Waals surface area contributed by atoms with Crippen LogP contribution in [0.1, 0.15) is 6.92 Å². The van der Waals surface area contributed by atoms with Crippen molar-refractivity contribution in [2.75, 3.05) is 6.61 Å². The molecule has 2 radical (unpaired) electrons. The molecule has 0 atom stereocenters. The van der Waals surface area contributed by atoms with Crippen molar-refractivity contribution < 1.29 is 4.74 Å². The van der Waals surface area contributed by atoms with Gasteiger partial charge in [-0.25, -0.2) is 0 Å². The van der Waals surface area contributed by atoms with Gasteiger partial charge in [-0.2, -0.15) is 0 Å². The third-order valence-corrected chi connectivity index (χ3v) is 0.341. The van der Waals surface area contributed by atoms with Crippen LogP contribution < -0.4 is 0 Å². The average molecular weight is 81.9 g/mol. The first-order chi connectivity index (χ1) is 2.91. The highest BCUT2D eigenvalue weighted by Crippen LogP contribution is 1.69. The lowest BCUT2D eigenvalue weighted by Crippen LogP contribution is -1.74. The van der Waals surface area contributed by atoms with Gasteiger partial charge in [-0.1, -0.05) is 5.98 Å². The van der Waals surface area contributed by atoms with Crippen LogP contribution in [-0.2, 0) is 4.74 Å². The van der Waals surface area contributed by atoms with Crippen molar-refractivity contribution in [2.24, 2.45) is 0 Å². The van der Waals surface area contributed by atoms with Crippen molar-refractivity contribution >= 4 is 7.85 Å². The van der Waals surface area contributed by atoms with Gasteiger partial charge < -0.3 is 4.74 Å². The molecular weight excluding hydrogens is 74.9 g/mol. The lowest BCUT2D eigenvalue weighted by Gasteiger charge is -1.86. The summed E-state index contributed by atoms with van der Waals surface area (Å²) in [5.74, 6) is 1.36. The van der Waals surface area contributed by atoms with E-state index in [9.17, 15) is 0 Å². The van der Waals surface area contributed by atoms with E-state index in [2.05, 4.69) is 4.74 Å². The van der Waals surface area contributed by atoms with Crippen molar-refractivity contribution in [2.45, 2.75) is 6.92 Å². The van der Waals surface area contributed by atoms with E-state index in [1.54, 1.807) is 0 Å². The zero-order chi connectivity index (χ0) is 4.83. The predicted octanol–water partition coefficient (Wildman–Crippen LogP) is 0.663. The highest BCUT2D eigenvalue weighted by molar-refractivity contribution is 6.16. The molecule has 0 unspecified atom stereocenters. The maximum Gasteiger partial charge on any atom is 0.107 e. The summed E-state index contributed by atoms with van der Waals surface area (Å²) in [5, 5.41) is 0. The smallest absolute Gasteiger partial charge is 0.107 e. The van der Waals surface area contributed by atoms with E-state index in [1.807, 2.05) is 6.92 Å². The molecule has 0 aliphatic heterocycles. The van der Waals surface area contributed by atoms with Gasteiger partial charge in [0.25, 0.3) is 0 Å². The zero-order valence-electron chi connectivity index (χ0n) is 3.85. The lowest BCUT2D eigenvalue weighted by molar-refractivity contribution is 0.270. The number of hydrogen-bond donors (Lipinski definition) is 0. The average Bonchev–Trinajstić information content (AvgIpc) is 1.61. The SMILES string of the molecule is [B]/C=C/OCC. The Morgan fingerprint density at radius 1 is 1.83 bits per heavy atom. The van der Waals surface area contributed by atoms with Crippen LogP contribution in [0.5, 0.6) is 0 Å². The van der Waals surface area contributed by atoms with Gasteiger partial charge in [0.2, 0.25) is 0 Å². The largest absolute Gasteiger partial charge is 0.503 e. The highest BCUT2D eigenvalue weighted by atomic mass is 16.5. The highest BCUT2D eigenvalue weighted by Gasteiger charge is 1.59. The summed E-state index contributed by atoms with van der Waals surface area (Å²) in [6.07, 6.45) is 1.46. The van der Waals surface area contributed by atoms with Gasteiger partial charge in [0.1, 0.15) is 7.85 Å². The number of rotatable bonds is 2. The Morgan fingerprint density at radius 2 is 2.50 bits per heavy atom. The van der Waals surface area contributed by atoms with Gasteiger partial charge in [-0.3, -0.25) is 0 Å². The molecule has 0 amide bonds. The van der Waals surface area contributed by atoms with E-state index in [4.69, 9.17) is 7.85 Å². The molecule has 0 spiro atoms. The normalized spacial score (nSPS) is 9.50. The molecular formula is C4H7BO. The fourth-order valence-corrected chi connectivity index (χ4v) is 0.152. The minimum Gasteiger partial charge on any atom is -0.503 e. The minimum atomic E-state index is 0.688. The van der Waals surface area contributed by atoms with Crippen molar-refractivity contribution in [1.82, 2.24) is 0 Å². The molecule has 0 aromatic rings. The topological polar surface area (TPSA) is 9.23 Å². The Morgan fingerprint density at radius 3 is 2.67 bits per heavy atom. The summed E-state index contributed by atoms with van der Waals surface area (Å²) in [6.45, 7) is 2.59. The molecule has 0 aliphatic carbocycles. The zero-order valence-corrected chi connectivity index (χ0v) is 3.85. The molecule has 6 heavy (non-hydrogen) atoms. The third kappa shape index (κ3) is 3.60. The summed E-state index contributed by atoms with van der Waals surface area (Å²) in [4.78, 5) is 0. The van der Waals surface area contributed by atoms with Crippen LogP contribution in [-0.4, -0.2) is 14.5 Å². The van der Waals surface area contributed by atoms with Gasteiger partial charge in [0.05, 0.1) is 12.9 Å². The third-order valence-electron chi connectivity index (χ3n) is 0.341. The van der Waals surface area contributed by atoms with E-state index in [-0.39, 0.29) is 0 Å². The van der Waals surface area contributed by atoms with Gasteiger partial charge >= 0.3 is 0 Å². The molecule has 2 heteroatoms. The van der Waals surface area contributed by atoms with Crippen molar-refractivity contribution in [1.29, 1.82) is 0 Å². The first-order valence-electron chi connectivity index (χ1n) is 1.90. The molecule has 0 bridgehead atoms. The first-order valence-corrected chi connectivity index (χ1v) is 1.90. The number of ether oxygens (including phenoxy) is 1. The summed E-state index contributed by atoms with van der Waals surface area (Å²) < 4.78 is 4.68. The maximum absolute atomic E-state index is 4.91. The molecule has 0 heterocycles. The quantitative estimate of drug-likeness (QED) is 0.351. The molecule has 1 nitrogen and oxygen atoms in total. The van der Waals surface area contributed by atoms with Gasteiger partial charge in [0, 0.05) is 0 Å². The Balaban J connectivity index is 2.66. The molecule has 32 valence electrons. The summed E-state index contributed by atoms with van der Waals surface area (Å²) >= 11 is 0. The summed E-state index contributed by atoms with van der Waals surface area (Å²) in [5.41, 5.74) is 0. The van der Waals surface area contributed by atoms with Crippen LogP contribution in [0, 0.1) is 0 Å². The van der Waals surface area contributed by atoms with Crippen LogP contribution >= 0.6 is 0 Å². The van der Waals surface area contributed by atoms with Gasteiger partial charge in [-0.15, -0.1) is 0 Å². The van der Waals surface area contributed by atoms with Crippen molar-refractivity contribution in [3.05, 3.63) is 12.2 Å². The Labute approximate surface area is 39.4 Å². The fraction of sp³-hybridized carbons (Fsp3) is 0.500. The van der Waals surface area contributed by atoms with Crippen molar-refractivity contribution in [3.8, 4) is 0 Å². The molecule has 0 aromatic carbocycles. The van der Waals surface area contributed by atoms with Gasteiger partial charge in [-0.05, 0) is 6.92 Å². The minimum absolute atomic E-state index is 0.688. The van der Waals surface area contributed by atoms with Crippen LogP contribution in [0.4, 0.5) is 0 Å². The van der Waals surface area contributed by atoms with Crippen LogP contribution in [0.2, 0.25) is 0 Å². The first kappa shape index (κ1) is 5.60. The maximum atomic E-state index is 4.91. The molecule has 0 N–H and O–H groups in total. The predicted molar refractivity (Wildman–Crippen MR) is 26.5 cm³/mol. The second kappa shape index (κ2) is 4.60. The summed E-state index contributed by atoms with van der Waals surface area (Å²) in [7, 11) is 4.91. The molecule has 0 saturated carbocycles. The monoisotopic (exact) mass is 82.1 g/mol. The van der Waals surface area contributed by atoms with Crippen molar-refractivity contribution in [3.63, 3.8) is 0 Å². The Kier molecular flexibility index (Phi) is 4.30. The standard InChI is InChI=1S/C4H7BO/c1-2-6-4-3-5/h3-4H,2H2,1H3/b4-3+. The van der Waals surface area contributed by atoms with E-state index >= 15 is 0 Å². The fourth-order valence-electron chi connectivity index (χ4n) is 0.152. The van der Waals surface area contributed by atoms with Gasteiger partial charge in [0.15, 0.2) is 0 Å². The second-order valence-electron chi connectivity index (χ2n) is 0.784. The molecule has 0 fully saturated rings. The number of hydrogen-bond acceptors (Lipinski definition) is 1. The molecule has 0 aromatic heterocycles.